The lowest BCUT2D eigenvalue weighted by Crippen LogP contribution is -2.49. The van der Waals surface area contributed by atoms with Crippen molar-refractivity contribution in [1.29, 1.82) is 0 Å². The molecule has 0 atom stereocenters. The lowest BCUT2D eigenvalue weighted by molar-refractivity contribution is -0.139. The number of likely N-dealkylation sites (N-methyl/N-ethyl adjacent to an activating group) is 1. The van der Waals surface area contributed by atoms with Crippen molar-refractivity contribution in [3.63, 3.8) is 0 Å². The minimum atomic E-state index is 0.0435. The van der Waals surface area contributed by atoms with Crippen LogP contribution in [0.25, 0.3) is 0 Å². The maximum Gasteiger partial charge on any atom is 0.230 e. The summed E-state index contributed by atoms with van der Waals surface area (Å²) < 4.78 is 0. The van der Waals surface area contributed by atoms with Gasteiger partial charge < -0.3 is 14.7 Å². The monoisotopic (exact) mass is 371 g/mol. The normalized spacial score (nSPS) is 23.9. The zero-order valence-corrected chi connectivity index (χ0v) is 17.0. The van der Waals surface area contributed by atoms with Crippen LogP contribution in [0.15, 0.2) is 24.3 Å². The third kappa shape index (κ3) is 4.70. The van der Waals surface area contributed by atoms with Crippen LogP contribution in [0.5, 0.6) is 0 Å². The van der Waals surface area contributed by atoms with E-state index in [0.29, 0.717) is 12.5 Å². The topological polar surface area (TPSA) is 43.9 Å². The molecule has 0 N–H and O–H groups in total. The Labute approximate surface area is 163 Å². The first-order chi connectivity index (χ1) is 13.0. The summed E-state index contributed by atoms with van der Waals surface area (Å²) in [6.07, 6.45) is 3.33. The van der Waals surface area contributed by atoms with Crippen LogP contribution in [0.1, 0.15) is 38.2 Å². The van der Waals surface area contributed by atoms with Gasteiger partial charge in [0.2, 0.25) is 11.8 Å². The maximum atomic E-state index is 13.1. The summed E-state index contributed by atoms with van der Waals surface area (Å²) in [6, 6.07) is 8.14. The fourth-order valence-electron chi connectivity index (χ4n) is 4.35. The van der Waals surface area contributed by atoms with Gasteiger partial charge in [0.05, 0.1) is 0 Å². The first kappa shape index (κ1) is 19.9. The van der Waals surface area contributed by atoms with Gasteiger partial charge in [0.1, 0.15) is 0 Å². The Morgan fingerprint density at radius 3 is 2.26 bits per heavy atom. The highest BCUT2D eigenvalue weighted by atomic mass is 16.2. The molecule has 0 aromatic heterocycles. The maximum absolute atomic E-state index is 13.1. The van der Waals surface area contributed by atoms with Crippen LogP contribution in [0.2, 0.25) is 0 Å². The smallest absolute Gasteiger partial charge is 0.230 e. The predicted molar refractivity (Wildman–Crippen MR) is 109 cm³/mol. The number of nitrogens with zero attached hydrogens (tertiary/aromatic N) is 3. The number of anilines is 1. The van der Waals surface area contributed by atoms with Gasteiger partial charge in [-0.15, -0.1) is 0 Å². The number of rotatable bonds is 4. The van der Waals surface area contributed by atoms with Crippen LogP contribution in [0.4, 0.5) is 5.69 Å². The van der Waals surface area contributed by atoms with E-state index in [2.05, 4.69) is 31.0 Å². The molecule has 3 rings (SSSR count). The molecule has 1 aliphatic heterocycles. The molecule has 5 nitrogen and oxygen atoms in total. The van der Waals surface area contributed by atoms with E-state index >= 15 is 0 Å². The molecule has 0 unspecified atom stereocenters. The molecular weight excluding hydrogens is 338 g/mol. The minimum absolute atomic E-state index is 0.0435. The van der Waals surface area contributed by atoms with Crippen LogP contribution in [0, 0.1) is 18.8 Å². The van der Waals surface area contributed by atoms with Crippen LogP contribution in [-0.4, -0.2) is 61.4 Å². The zero-order chi connectivity index (χ0) is 19.4. The lowest BCUT2D eigenvalue weighted by atomic mass is 9.80. The molecule has 2 amide bonds. The van der Waals surface area contributed by atoms with Crippen LogP contribution in [-0.2, 0) is 9.59 Å². The van der Waals surface area contributed by atoms with Gasteiger partial charge in [-0.05, 0) is 64.3 Å². The fourth-order valence-corrected chi connectivity index (χ4v) is 4.35. The lowest BCUT2D eigenvalue weighted by Gasteiger charge is -2.37. The van der Waals surface area contributed by atoms with Crippen molar-refractivity contribution in [3.8, 4) is 0 Å². The molecule has 2 aliphatic rings. The Balaban J connectivity index is 1.56. The first-order valence-corrected chi connectivity index (χ1v) is 10.3. The number of carbonyl (C=O) groups excluding carboxylic acids is 2. The summed E-state index contributed by atoms with van der Waals surface area (Å²) in [4.78, 5) is 32.1. The Bertz CT molecular complexity index is 659. The Kier molecular flexibility index (Phi) is 6.53. The van der Waals surface area contributed by atoms with Gasteiger partial charge in [0.15, 0.2) is 0 Å². The molecule has 1 aliphatic carbocycles. The first-order valence-electron chi connectivity index (χ1n) is 10.3. The second-order valence-electron chi connectivity index (χ2n) is 8.10. The third-order valence-electron chi connectivity index (χ3n) is 6.14. The minimum Gasteiger partial charge on any atom is -0.340 e. The number of amides is 2. The van der Waals surface area contributed by atoms with Crippen LogP contribution >= 0.6 is 0 Å². The van der Waals surface area contributed by atoms with E-state index in [0.717, 1.165) is 57.5 Å². The van der Waals surface area contributed by atoms with E-state index in [1.807, 2.05) is 28.9 Å². The average molecular weight is 372 g/mol. The summed E-state index contributed by atoms with van der Waals surface area (Å²) in [5.41, 5.74) is 2.15. The molecule has 0 spiro atoms. The molecule has 1 saturated carbocycles. The quantitative estimate of drug-likeness (QED) is 0.817. The number of benzene rings is 1. The standard InChI is InChI=1S/C22H33N3O2/c1-4-25(20-7-5-6-17(2)16-20)22(27)19-10-8-18(9-11-19)21(26)24-14-12-23(3)13-15-24/h5-7,16,18-19H,4,8-15H2,1-3H3. The van der Waals surface area contributed by atoms with Gasteiger partial charge >= 0.3 is 0 Å². The molecule has 1 heterocycles. The molecular formula is C22H33N3O2. The predicted octanol–water partition coefficient (Wildman–Crippen LogP) is 2.93. The highest BCUT2D eigenvalue weighted by Gasteiger charge is 2.34. The molecule has 0 bridgehead atoms. The third-order valence-corrected chi connectivity index (χ3v) is 6.14. The van der Waals surface area contributed by atoms with Gasteiger partial charge in [-0.25, -0.2) is 0 Å². The van der Waals surface area contributed by atoms with Gasteiger partial charge in [0.25, 0.3) is 0 Å². The largest absolute Gasteiger partial charge is 0.340 e. The van der Waals surface area contributed by atoms with Crippen molar-refractivity contribution in [2.75, 3.05) is 44.7 Å². The summed E-state index contributed by atoms with van der Waals surface area (Å²) in [7, 11) is 2.10. The van der Waals surface area contributed by atoms with Crippen molar-refractivity contribution >= 4 is 17.5 Å². The molecule has 1 saturated heterocycles. The van der Waals surface area contributed by atoms with Gasteiger partial charge in [-0.3, -0.25) is 9.59 Å². The molecule has 27 heavy (non-hydrogen) atoms. The van der Waals surface area contributed by atoms with Crippen molar-refractivity contribution in [2.24, 2.45) is 11.8 Å². The van der Waals surface area contributed by atoms with Gasteiger partial charge in [-0.2, -0.15) is 0 Å². The number of hydrogen-bond acceptors (Lipinski definition) is 3. The van der Waals surface area contributed by atoms with Crippen molar-refractivity contribution in [2.45, 2.75) is 39.5 Å². The van der Waals surface area contributed by atoms with Crippen LogP contribution in [0.3, 0.4) is 0 Å². The Morgan fingerprint density at radius 1 is 1.04 bits per heavy atom. The summed E-state index contributed by atoms with van der Waals surface area (Å²) >= 11 is 0. The second-order valence-corrected chi connectivity index (χ2v) is 8.10. The molecule has 2 fully saturated rings. The van der Waals surface area contributed by atoms with Gasteiger partial charge in [0, 0.05) is 50.2 Å². The van der Waals surface area contributed by atoms with E-state index in [4.69, 9.17) is 0 Å². The van der Waals surface area contributed by atoms with E-state index in [1.54, 1.807) is 0 Å². The Morgan fingerprint density at radius 2 is 1.67 bits per heavy atom. The SMILES string of the molecule is CCN(C(=O)C1CCC(C(=O)N2CCN(C)CC2)CC1)c1cccc(C)c1. The summed E-state index contributed by atoms with van der Waals surface area (Å²) in [5, 5.41) is 0. The molecule has 148 valence electrons. The second kappa shape index (κ2) is 8.87. The molecule has 1 aromatic carbocycles. The van der Waals surface area contributed by atoms with E-state index in [-0.39, 0.29) is 17.7 Å². The average Bonchev–Trinajstić information content (AvgIpc) is 2.69. The summed E-state index contributed by atoms with van der Waals surface area (Å²) in [5.74, 6) is 0.669. The Hall–Kier alpha value is -1.88. The number of carbonyl (C=O) groups is 2. The highest BCUT2D eigenvalue weighted by Crippen LogP contribution is 2.32. The van der Waals surface area contributed by atoms with Crippen molar-refractivity contribution in [3.05, 3.63) is 29.8 Å². The number of aryl methyl sites for hydroxylation is 1. The van der Waals surface area contributed by atoms with Crippen molar-refractivity contribution in [1.82, 2.24) is 9.80 Å². The van der Waals surface area contributed by atoms with E-state index in [1.165, 1.54) is 5.56 Å². The van der Waals surface area contributed by atoms with Crippen molar-refractivity contribution < 1.29 is 9.59 Å². The number of hydrogen-bond donors (Lipinski definition) is 0. The molecule has 1 aromatic rings. The summed E-state index contributed by atoms with van der Waals surface area (Å²) in [6.45, 7) is 8.36. The molecule has 0 radical (unpaired) electrons. The van der Waals surface area contributed by atoms with Gasteiger partial charge in [-0.1, -0.05) is 12.1 Å². The zero-order valence-electron chi connectivity index (χ0n) is 17.0. The molecule has 5 heteroatoms. The van der Waals surface area contributed by atoms with E-state index < -0.39 is 0 Å². The van der Waals surface area contributed by atoms with Crippen LogP contribution < -0.4 is 4.90 Å². The highest BCUT2D eigenvalue weighted by molar-refractivity contribution is 5.95. The fraction of sp³-hybridized carbons (Fsp3) is 0.636. The van der Waals surface area contributed by atoms with E-state index in [9.17, 15) is 9.59 Å². The number of piperazine rings is 1.